The van der Waals surface area contributed by atoms with Crippen molar-refractivity contribution in [3.63, 3.8) is 0 Å². The lowest BCUT2D eigenvalue weighted by Crippen LogP contribution is -2.59. The van der Waals surface area contributed by atoms with Gasteiger partial charge in [0.15, 0.2) is 36.5 Å². The van der Waals surface area contributed by atoms with Crippen LogP contribution in [0.15, 0.2) is 45.5 Å². The van der Waals surface area contributed by atoms with E-state index in [2.05, 4.69) is 19.9 Å². The lowest BCUT2D eigenvalue weighted by Gasteiger charge is -2.41. The average molecular weight is 1310 g/mol. The molecule has 9 heterocycles. The number of hydrogen-bond acceptors (Lipinski definition) is 34. The molecule has 0 radical (unpaired) electrons. The number of nitrogens with two attached hydrogens (primary N) is 2. The molecular formula is C43H63N10O31P3. The van der Waals surface area contributed by atoms with Gasteiger partial charge >= 0.3 is 34.8 Å². The molecule has 0 amide bonds. The Morgan fingerprint density at radius 3 is 1.83 bits per heavy atom. The number of ether oxygens (including phenoxy) is 8. The number of methoxy groups -OCH3 is 2. The van der Waals surface area contributed by atoms with Gasteiger partial charge in [-0.2, -0.15) is 4.98 Å². The summed E-state index contributed by atoms with van der Waals surface area (Å²) in [4.78, 5) is 89.5. The summed E-state index contributed by atoms with van der Waals surface area (Å²) in [7, 11) is -14.4. The minimum absolute atomic E-state index is 0.0134. The Hall–Kier alpha value is -4.60. The average Bonchev–Trinajstić information content (AvgIpc) is 1.80. The smallest absolute Gasteiger partial charge is 0.394 e. The van der Waals surface area contributed by atoms with Gasteiger partial charge in [-0.15, -0.1) is 0 Å². The molecule has 0 bridgehead atoms. The molecule has 5 fully saturated rings. The van der Waals surface area contributed by atoms with Gasteiger partial charge in [0.1, 0.15) is 122 Å². The fourth-order valence-electron chi connectivity index (χ4n) is 10.0. The van der Waals surface area contributed by atoms with Gasteiger partial charge in [0.25, 0.3) is 5.56 Å². The predicted octanol–water partition coefficient (Wildman–Crippen LogP) is -6.66. The van der Waals surface area contributed by atoms with Crippen LogP contribution in [-0.4, -0.2) is 252 Å². The van der Waals surface area contributed by atoms with Crippen LogP contribution in [0.3, 0.4) is 0 Å². The third-order valence-corrected chi connectivity index (χ3v) is 17.4. The lowest BCUT2D eigenvalue weighted by atomic mass is 9.99. The number of rotatable bonds is 24. The van der Waals surface area contributed by atoms with Crippen LogP contribution in [0.4, 0.5) is 11.6 Å². The summed E-state index contributed by atoms with van der Waals surface area (Å²) >= 11 is 0. The van der Waals surface area contributed by atoms with E-state index in [1.807, 2.05) is 4.98 Å². The monoisotopic (exact) mass is 1310 g/mol. The van der Waals surface area contributed by atoms with E-state index in [0.717, 1.165) is 43.6 Å². The van der Waals surface area contributed by atoms with E-state index in [1.54, 1.807) is 0 Å². The Kier molecular flexibility index (Phi) is 20.8. The zero-order chi connectivity index (χ0) is 63.2. The van der Waals surface area contributed by atoms with Crippen molar-refractivity contribution >= 4 is 46.3 Å². The quantitative estimate of drug-likeness (QED) is 0.0290. The number of hydrogen-bond donors (Lipinski definition) is 14. The van der Waals surface area contributed by atoms with Gasteiger partial charge in [-0.05, 0) is 13.0 Å². The summed E-state index contributed by atoms with van der Waals surface area (Å²) < 4.78 is 120. The Balaban J connectivity index is 0.924. The van der Waals surface area contributed by atoms with Gasteiger partial charge in [-0.3, -0.25) is 50.6 Å². The number of nitrogens with zero attached hydrogens (tertiary/aromatic N) is 7. The molecule has 3 unspecified atom stereocenters. The molecule has 16 N–H and O–H groups in total. The van der Waals surface area contributed by atoms with E-state index in [4.69, 9.17) is 76.5 Å². The van der Waals surface area contributed by atoms with Gasteiger partial charge in [-0.25, -0.2) is 38.2 Å². The molecule has 24 atom stereocenters. The standard InChI is InChI=1S/C43H63N10O31P3/c1-15-7-52(43(64)50-37(15)62)23-6-16(18(77-23)10-74-86(67,68)83-33-17(8-54)80-41(72-3)29(59)27(33)57)82-85(65,66)75-12-21-34(31(61)38(79-21)51-5-4-22(44)49-42(51)63)84-87(69,70)76-11-20-32(73-9-19-25(55)26(56)28(58)40(71-2)81-19)30(60)39(78-20)53-14-48-24-35(45)46-13-47-36(24)53/h4-5,7,13-14,16-21,23,25-34,38-41,54-61H,6,8-12H2,1-3H3,(H,65,66)(H,67,68)(H,69,70)(H2,44,49,63)(H2,45,46,47)(H,50,62,64)/t16-,17+,18+,19+,20+,21+,23+,25+,26-,27+,28+,29+,30+,31+,32+,33+,34+,38+,39+,40-,41-/m0/s1. The second-order valence-corrected chi connectivity index (χ2v) is 24.4. The molecule has 0 aromatic carbocycles. The molecule has 486 valence electrons. The fourth-order valence-corrected chi connectivity index (χ4v) is 12.9. The molecule has 9 rings (SSSR count). The molecular weight excluding hydrogens is 1250 g/mol. The van der Waals surface area contributed by atoms with E-state index in [1.165, 1.54) is 17.8 Å². The van der Waals surface area contributed by atoms with E-state index in [9.17, 15) is 83.6 Å². The zero-order valence-electron chi connectivity index (χ0n) is 45.5. The molecule has 41 nitrogen and oxygen atoms in total. The number of phosphoric ester groups is 3. The molecule has 44 heteroatoms. The largest absolute Gasteiger partial charge is 0.472 e. The number of imidazole rings is 1. The molecule has 0 saturated carbocycles. The van der Waals surface area contributed by atoms with Crippen molar-refractivity contribution in [2.75, 3.05) is 58.7 Å². The van der Waals surface area contributed by atoms with Gasteiger partial charge in [0.05, 0.1) is 39.4 Å². The van der Waals surface area contributed by atoms with Crippen molar-refractivity contribution in [2.45, 2.75) is 142 Å². The van der Waals surface area contributed by atoms with Crippen LogP contribution >= 0.6 is 23.5 Å². The van der Waals surface area contributed by atoms with E-state index >= 15 is 0 Å². The van der Waals surface area contributed by atoms with Gasteiger partial charge in [-0.1, -0.05) is 0 Å². The molecule has 4 aromatic rings. The van der Waals surface area contributed by atoms with Gasteiger partial charge in [0, 0.05) is 38.6 Å². The SMILES string of the molecule is CO[C@H]1O[C@H](CO[C@H]2[C@@H](O)[C@H](n3cnc4c(N)ncnc43)O[C@@H]2COP(=O)(O)O[C@H]2[C@@H](O)[C@H](n3ccc(N)nc3=O)O[C@@H]2COP(=O)(O)O[C@H]2C[C@H](n3cc(C)c(=O)[nH]c3=O)O[C@@H]2COP(=O)(O)O[C@H]2[C@H](O)[C@@H](O)[C@@H](OC)O[C@@H]2CO)[C@@H](O)[C@H](O)[C@H]1O. The van der Waals surface area contributed by atoms with E-state index in [0.29, 0.717) is 4.57 Å². The van der Waals surface area contributed by atoms with E-state index < -0.39 is 209 Å². The highest BCUT2D eigenvalue weighted by Gasteiger charge is 2.54. The van der Waals surface area contributed by atoms with Crippen LogP contribution in [0.1, 0.15) is 30.7 Å². The summed E-state index contributed by atoms with van der Waals surface area (Å²) in [6, 6.07) is 1.11. The highest BCUT2D eigenvalue weighted by molar-refractivity contribution is 7.48. The molecule has 0 aliphatic carbocycles. The first kappa shape index (κ1) is 66.8. The Morgan fingerprint density at radius 1 is 0.644 bits per heavy atom. The van der Waals surface area contributed by atoms with Crippen molar-refractivity contribution in [2.24, 2.45) is 0 Å². The number of aryl methyl sites for hydroxylation is 1. The van der Waals surface area contributed by atoms with Crippen LogP contribution in [0.2, 0.25) is 0 Å². The van der Waals surface area contributed by atoms with Crippen LogP contribution in [-0.2, 0) is 78.7 Å². The number of anilines is 2. The number of aromatic amines is 1. The van der Waals surface area contributed by atoms with Gasteiger partial charge in [0.2, 0.25) is 0 Å². The third kappa shape index (κ3) is 14.6. The van der Waals surface area contributed by atoms with E-state index in [-0.39, 0.29) is 28.4 Å². The second-order valence-electron chi connectivity index (χ2n) is 20.1. The molecule has 5 aliphatic rings. The molecule has 4 aromatic heterocycles. The maximum absolute atomic E-state index is 14.1. The van der Waals surface area contributed by atoms with Crippen molar-refractivity contribution in [3.05, 3.63) is 68.0 Å². The Labute approximate surface area is 487 Å². The minimum atomic E-state index is -5.64. The number of nitrogen functional groups attached to an aromatic ring is 2. The number of H-pyrrole nitrogens is 1. The first-order valence-electron chi connectivity index (χ1n) is 25.9. The first-order chi connectivity index (χ1) is 41.0. The predicted molar refractivity (Wildman–Crippen MR) is 277 cm³/mol. The van der Waals surface area contributed by atoms with Crippen molar-refractivity contribution in [3.8, 4) is 0 Å². The topological polar surface area (TPSA) is 588 Å². The fraction of sp³-hybridized carbons (Fsp3) is 0.698. The van der Waals surface area contributed by atoms with Crippen LogP contribution in [0, 0.1) is 6.92 Å². The van der Waals surface area contributed by atoms with Crippen molar-refractivity contribution < 1.29 is 134 Å². The number of phosphoric acid groups is 3. The Morgan fingerprint density at radius 2 is 1.21 bits per heavy atom. The normalized spacial score (nSPS) is 36.8. The summed E-state index contributed by atoms with van der Waals surface area (Å²) in [5, 5.41) is 85.9. The highest BCUT2D eigenvalue weighted by Crippen LogP contribution is 2.53. The number of aromatic nitrogens is 8. The maximum atomic E-state index is 14.1. The summed E-state index contributed by atoms with van der Waals surface area (Å²) in [6.07, 6.45) is -32.9. The second kappa shape index (κ2) is 27.1. The van der Waals surface area contributed by atoms with Crippen molar-refractivity contribution in [1.82, 2.24) is 38.6 Å². The number of nitrogens with one attached hydrogen (secondary N) is 1. The number of aliphatic hydroxyl groups excluding tert-OH is 8. The highest BCUT2D eigenvalue weighted by atomic mass is 31.2. The molecule has 0 spiro atoms. The molecule has 5 saturated heterocycles. The number of aliphatic hydroxyl groups is 8. The zero-order valence-corrected chi connectivity index (χ0v) is 48.1. The Bertz CT molecular complexity index is 3380. The van der Waals surface area contributed by atoms with Crippen molar-refractivity contribution in [1.29, 1.82) is 0 Å². The van der Waals surface area contributed by atoms with Gasteiger partial charge < -0.3 is 105 Å². The number of fused-ring (bicyclic) bond motifs is 1. The summed E-state index contributed by atoms with van der Waals surface area (Å²) in [6.45, 7) is -3.63. The van der Waals surface area contributed by atoms with Crippen LogP contribution in [0.25, 0.3) is 11.2 Å². The lowest BCUT2D eigenvalue weighted by molar-refractivity contribution is -0.299. The maximum Gasteiger partial charge on any atom is 0.472 e. The third-order valence-electron chi connectivity index (χ3n) is 14.4. The van der Waals surface area contributed by atoms with Crippen LogP contribution in [0.5, 0.6) is 0 Å². The first-order valence-corrected chi connectivity index (χ1v) is 30.4. The molecule has 87 heavy (non-hydrogen) atoms. The summed E-state index contributed by atoms with van der Waals surface area (Å²) in [5.74, 6) is -0.342. The summed E-state index contributed by atoms with van der Waals surface area (Å²) in [5.41, 5.74) is 8.76. The van der Waals surface area contributed by atoms with Crippen LogP contribution < -0.4 is 28.4 Å². The molecule has 5 aliphatic heterocycles. The minimum Gasteiger partial charge on any atom is -0.394 e.